The standard InChI is InChI=1S/C12H17FN2O.ClH/c1-7-4-5-10(6-11(7)13)15-12(16)8(2)9(3)14;/h4-6,8-9H,14H2,1-3H3,(H,15,16);1H. The number of halogens is 2. The molecule has 96 valence electrons. The predicted octanol–water partition coefficient (Wildman–Crippen LogP) is 2.48. The Morgan fingerprint density at radius 3 is 2.47 bits per heavy atom. The highest BCUT2D eigenvalue weighted by atomic mass is 35.5. The minimum atomic E-state index is -0.328. The van der Waals surface area contributed by atoms with Crippen LogP contribution in [0.1, 0.15) is 19.4 Å². The molecule has 3 nitrogen and oxygen atoms in total. The van der Waals surface area contributed by atoms with Crippen molar-refractivity contribution in [1.82, 2.24) is 0 Å². The molecule has 0 saturated heterocycles. The van der Waals surface area contributed by atoms with Crippen molar-refractivity contribution in [3.63, 3.8) is 0 Å². The summed E-state index contributed by atoms with van der Waals surface area (Å²) in [4.78, 5) is 11.6. The summed E-state index contributed by atoms with van der Waals surface area (Å²) in [5.74, 6) is -0.825. The minimum absolute atomic E-state index is 0. The van der Waals surface area contributed by atoms with Crippen LogP contribution in [0.2, 0.25) is 0 Å². The van der Waals surface area contributed by atoms with Gasteiger partial charge in [-0.2, -0.15) is 0 Å². The SMILES string of the molecule is Cc1ccc(NC(=O)C(C)C(C)N)cc1F.Cl. The highest BCUT2D eigenvalue weighted by molar-refractivity contribution is 5.92. The molecule has 1 amide bonds. The van der Waals surface area contributed by atoms with Crippen molar-refractivity contribution < 1.29 is 9.18 Å². The van der Waals surface area contributed by atoms with Gasteiger partial charge in [0, 0.05) is 11.7 Å². The average Bonchev–Trinajstić information content (AvgIpc) is 2.22. The van der Waals surface area contributed by atoms with Gasteiger partial charge in [-0.1, -0.05) is 13.0 Å². The number of aryl methyl sites for hydroxylation is 1. The van der Waals surface area contributed by atoms with Gasteiger partial charge < -0.3 is 11.1 Å². The first-order valence-corrected chi connectivity index (χ1v) is 5.24. The molecular formula is C12H18ClFN2O. The molecule has 0 spiro atoms. The molecule has 0 aromatic heterocycles. The van der Waals surface area contributed by atoms with Crippen molar-refractivity contribution in [3.8, 4) is 0 Å². The largest absolute Gasteiger partial charge is 0.327 e. The summed E-state index contributed by atoms with van der Waals surface area (Å²) in [7, 11) is 0. The number of carbonyl (C=O) groups is 1. The number of rotatable bonds is 3. The van der Waals surface area contributed by atoms with E-state index in [2.05, 4.69) is 5.32 Å². The maximum Gasteiger partial charge on any atom is 0.228 e. The van der Waals surface area contributed by atoms with Crippen molar-refractivity contribution in [3.05, 3.63) is 29.6 Å². The molecule has 0 saturated carbocycles. The minimum Gasteiger partial charge on any atom is -0.327 e. The summed E-state index contributed by atoms with van der Waals surface area (Å²) in [6.45, 7) is 5.18. The van der Waals surface area contributed by atoms with Gasteiger partial charge in [-0.15, -0.1) is 12.4 Å². The highest BCUT2D eigenvalue weighted by Gasteiger charge is 2.17. The quantitative estimate of drug-likeness (QED) is 0.877. The average molecular weight is 261 g/mol. The van der Waals surface area contributed by atoms with E-state index in [0.29, 0.717) is 11.3 Å². The summed E-state index contributed by atoms with van der Waals surface area (Å²) in [6.07, 6.45) is 0. The number of amides is 1. The van der Waals surface area contributed by atoms with Crippen molar-refractivity contribution >= 4 is 24.0 Å². The number of carbonyl (C=O) groups excluding carboxylic acids is 1. The lowest BCUT2D eigenvalue weighted by Gasteiger charge is -2.15. The van der Waals surface area contributed by atoms with Crippen molar-refractivity contribution in [2.45, 2.75) is 26.8 Å². The molecule has 0 aliphatic rings. The first-order chi connectivity index (χ1) is 7.41. The Labute approximate surface area is 107 Å². The lowest BCUT2D eigenvalue weighted by molar-refractivity contribution is -0.119. The molecule has 0 fully saturated rings. The third kappa shape index (κ3) is 4.32. The Morgan fingerprint density at radius 2 is 2.00 bits per heavy atom. The van der Waals surface area contributed by atoms with Crippen LogP contribution in [-0.4, -0.2) is 11.9 Å². The summed E-state index contributed by atoms with van der Waals surface area (Å²) in [5, 5.41) is 2.63. The predicted molar refractivity (Wildman–Crippen MR) is 69.8 cm³/mol. The van der Waals surface area contributed by atoms with E-state index in [-0.39, 0.29) is 36.1 Å². The fourth-order valence-electron chi connectivity index (χ4n) is 1.17. The van der Waals surface area contributed by atoms with Gasteiger partial charge in [0.1, 0.15) is 5.82 Å². The Balaban J connectivity index is 0.00000256. The molecule has 2 unspecified atom stereocenters. The van der Waals surface area contributed by atoms with Crippen LogP contribution in [0.25, 0.3) is 0 Å². The van der Waals surface area contributed by atoms with Gasteiger partial charge in [0.15, 0.2) is 0 Å². The van der Waals surface area contributed by atoms with Gasteiger partial charge >= 0.3 is 0 Å². The van der Waals surface area contributed by atoms with E-state index in [1.54, 1.807) is 32.9 Å². The second kappa shape index (κ2) is 6.57. The zero-order valence-corrected chi connectivity index (χ0v) is 11.0. The maximum absolute atomic E-state index is 13.2. The molecule has 0 aliphatic carbocycles. The van der Waals surface area contributed by atoms with Crippen LogP contribution in [-0.2, 0) is 4.79 Å². The zero-order chi connectivity index (χ0) is 12.3. The Hall–Kier alpha value is -1.13. The van der Waals surface area contributed by atoms with Crippen LogP contribution in [0, 0.1) is 18.7 Å². The monoisotopic (exact) mass is 260 g/mol. The molecule has 3 N–H and O–H groups in total. The molecule has 0 aliphatic heterocycles. The number of nitrogens with one attached hydrogen (secondary N) is 1. The fraction of sp³-hybridized carbons (Fsp3) is 0.417. The van der Waals surface area contributed by atoms with Gasteiger partial charge in [0.2, 0.25) is 5.91 Å². The van der Waals surface area contributed by atoms with Crippen molar-refractivity contribution in [2.24, 2.45) is 11.7 Å². The lowest BCUT2D eigenvalue weighted by atomic mass is 10.0. The van der Waals surface area contributed by atoms with Crippen LogP contribution in [0.5, 0.6) is 0 Å². The van der Waals surface area contributed by atoms with E-state index in [1.807, 2.05) is 0 Å². The third-order valence-corrected chi connectivity index (χ3v) is 2.64. The number of hydrogen-bond donors (Lipinski definition) is 2. The topological polar surface area (TPSA) is 55.1 Å². The number of hydrogen-bond acceptors (Lipinski definition) is 2. The van der Waals surface area contributed by atoms with Gasteiger partial charge in [0.05, 0.1) is 5.92 Å². The zero-order valence-electron chi connectivity index (χ0n) is 10.2. The second-order valence-corrected chi connectivity index (χ2v) is 4.10. The molecule has 1 rings (SSSR count). The summed E-state index contributed by atoms with van der Waals surface area (Å²) < 4.78 is 13.2. The van der Waals surface area contributed by atoms with Gasteiger partial charge in [0.25, 0.3) is 0 Å². The Kier molecular flexibility index (Phi) is 6.13. The summed E-state index contributed by atoms with van der Waals surface area (Å²) in [5.41, 5.74) is 6.62. The first-order valence-electron chi connectivity index (χ1n) is 5.24. The van der Waals surface area contributed by atoms with Gasteiger partial charge in [-0.05, 0) is 31.5 Å². The Morgan fingerprint density at radius 1 is 1.41 bits per heavy atom. The highest BCUT2D eigenvalue weighted by Crippen LogP contribution is 2.14. The molecule has 0 bridgehead atoms. The number of anilines is 1. The second-order valence-electron chi connectivity index (χ2n) is 4.10. The van der Waals surface area contributed by atoms with Crippen molar-refractivity contribution in [1.29, 1.82) is 0 Å². The van der Waals surface area contributed by atoms with Crippen molar-refractivity contribution in [2.75, 3.05) is 5.32 Å². The molecule has 1 aromatic carbocycles. The van der Waals surface area contributed by atoms with Gasteiger partial charge in [-0.25, -0.2) is 4.39 Å². The molecule has 0 heterocycles. The van der Waals surface area contributed by atoms with Crippen LogP contribution >= 0.6 is 12.4 Å². The van der Waals surface area contributed by atoms with Crippen LogP contribution in [0.3, 0.4) is 0 Å². The first kappa shape index (κ1) is 15.9. The summed E-state index contributed by atoms with van der Waals surface area (Å²) in [6, 6.07) is 4.38. The van der Waals surface area contributed by atoms with Crippen LogP contribution in [0.4, 0.5) is 10.1 Å². The summed E-state index contributed by atoms with van der Waals surface area (Å²) >= 11 is 0. The smallest absolute Gasteiger partial charge is 0.228 e. The molecular weight excluding hydrogens is 243 g/mol. The lowest BCUT2D eigenvalue weighted by Crippen LogP contribution is -2.34. The number of benzene rings is 1. The fourth-order valence-corrected chi connectivity index (χ4v) is 1.17. The van der Waals surface area contributed by atoms with E-state index in [9.17, 15) is 9.18 Å². The molecule has 5 heteroatoms. The molecule has 0 radical (unpaired) electrons. The van der Waals surface area contributed by atoms with E-state index < -0.39 is 0 Å². The number of nitrogens with two attached hydrogens (primary N) is 1. The van der Waals surface area contributed by atoms with E-state index in [0.717, 1.165) is 0 Å². The molecule has 2 atom stereocenters. The maximum atomic E-state index is 13.2. The van der Waals surface area contributed by atoms with Crippen LogP contribution < -0.4 is 11.1 Å². The Bertz CT molecular complexity index is 396. The normalized spacial score (nSPS) is 13.5. The molecule has 1 aromatic rings. The van der Waals surface area contributed by atoms with E-state index in [1.165, 1.54) is 6.07 Å². The molecule has 17 heavy (non-hydrogen) atoms. The van der Waals surface area contributed by atoms with Crippen LogP contribution in [0.15, 0.2) is 18.2 Å². The third-order valence-electron chi connectivity index (χ3n) is 2.64. The van der Waals surface area contributed by atoms with E-state index >= 15 is 0 Å². The van der Waals surface area contributed by atoms with E-state index in [4.69, 9.17) is 5.73 Å². The van der Waals surface area contributed by atoms with Gasteiger partial charge in [-0.3, -0.25) is 4.79 Å².